The molecular weight excluding hydrogens is 630 g/mol. The maximum absolute atomic E-state index is 14.6. The van der Waals surface area contributed by atoms with Gasteiger partial charge in [-0.15, -0.1) is 0 Å². The summed E-state index contributed by atoms with van der Waals surface area (Å²) in [5.41, 5.74) is 12.1. The molecule has 0 radical (unpaired) electrons. The van der Waals surface area contributed by atoms with Gasteiger partial charge in [-0.3, -0.25) is 31.4 Å². The fourth-order valence-electron chi connectivity index (χ4n) is 9.26. The van der Waals surface area contributed by atoms with Crippen molar-refractivity contribution in [2.45, 2.75) is 93.7 Å². The second-order valence-corrected chi connectivity index (χ2v) is 14.6. The summed E-state index contributed by atoms with van der Waals surface area (Å²) < 4.78 is 17.5. The summed E-state index contributed by atoms with van der Waals surface area (Å²) in [5, 5.41) is 68.8. The first-order valence-electron chi connectivity index (χ1n) is 17.4. The number of nitrogens with two attached hydrogens (primary N) is 3. The van der Waals surface area contributed by atoms with Crippen molar-refractivity contribution in [3.63, 3.8) is 0 Å². The summed E-state index contributed by atoms with van der Waals surface area (Å²) in [6.45, 7) is 0.121. The lowest BCUT2D eigenvalue weighted by Gasteiger charge is -2.54. The van der Waals surface area contributed by atoms with Crippen LogP contribution in [0.2, 0.25) is 0 Å². The number of nitrogens with one attached hydrogen (secondary N) is 2. The molecule has 5 fully saturated rings. The van der Waals surface area contributed by atoms with Crippen LogP contribution in [0.15, 0.2) is 0 Å². The van der Waals surface area contributed by atoms with Crippen LogP contribution in [0.1, 0.15) is 38.5 Å². The van der Waals surface area contributed by atoms with Gasteiger partial charge in [-0.2, -0.15) is 0 Å². The molecule has 5 aliphatic rings. The molecule has 0 aromatic heterocycles. The number of methoxy groups -OCH3 is 1. The molecule has 274 valence electrons. The minimum Gasteiger partial charge on any atom is -0.396 e. The average Bonchev–Trinajstić information content (AvgIpc) is 3.09. The molecule has 17 atom stereocenters. The van der Waals surface area contributed by atoms with Crippen LogP contribution in [-0.4, -0.2) is 144 Å². The zero-order chi connectivity index (χ0) is 34.9. The van der Waals surface area contributed by atoms with E-state index in [1.165, 1.54) is 7.11 Å². The molecule has 17 unspecified atom stereocenters. The molecule has 16 nitrogen and oxygen atoms in total. The SMILES string of the molecule is C[NH+]=C(N)NCC1C(CCC2CCC(N)[NH2+]C2)CC2C(=O)C3C(CO)C(OC)CC(OC4OC(CO)C(O)C(O)C4O)C3C(=O)C2C1O. The van der Waals surface area contributed by atoms with Crippen LogP contribution in [0.4, 0.5) is 0 Å². The Morgan fingerprint density at radius 2 is 1.69 bits per heavy atom. The van der Waals surface area contributed by atoms with Crippen LogP contribution in [0.3, 0.4) is 0 Å². The van der Waals surface area contributed by atoms with Gasteiger partial charge in [0.15, 0.2) is 6.29 Å². The molecule has 2 heterocycles. The number of aliphatic hydroxyl groups is 6. The molecule has 14 N–H and O–H groups in total. The van der Waals surface area contributed by atoms with Crippen molar-refractivity contribution in [2.24, 2.45) is 58.8 Å². The molecule has 3 saturated carbocycles. The Kier molecular flexibility index (Phi) is 12.5. The summed E-state index contributed by atoms with van der Waals surface area (Å²) >= 11 is 0. The lowest BCUT2D eigenvalue weighted by molar-refractivity contribution is -0.702. The van der Waals surface area contributed by atoms with E-state index in [1.54, 1.807) is 7.05 Å². The second-order valence-electron chi connectivity index (χ2n) is 14.6. The third-order valence-electron chi connectivity index (χ3n) is 12.0. The number of piperidine rings is 1. The molecule has 48 heavy (non-hydrogen) atoms. The van der Waals surface area contributed by atoms with E-state index in [2.05, 4.69) is 15.6 Å². The van der Waals surface area contributed by atoms with E-state index >= 15 is 0 Å². The van der Waals surface area contributed by atoms with E-state index in [-0.39, 0.29) is 36.6 Å². The number of aliphatic hydroxyl groups excluding tert-OH is 6. The van der Waals surface area contributed by atoms with E-state index in [9.17, 15) is 40.2 Å². The Hall–Kier alpha value is -1.83. The van der Waals surface area contributed by atoms with Crippen molar-refractivity contribution in [1.82, 2.24) is 5.32 Å². The lowest BCUT2D eigenvalue weighted by atomic mass is 9.51. The van der Waals surface area contributed by atoms with Crippen LogP contribution in [-0.2, 0) is 23.8 Å². The Labute approximate surface area is 280 Å². The highest BCUT2D eigenvalue weighted by molar-refractivity contribution is 6.01. The summed E-state index contributed by atoms with van der Waals surface area (Å²) in [6, 6.07) is 0. The first kappa shape index (κ1) is 37.4. The van der Waals surface area contributed by atoms with Gasteiger partial charge in [0.1, 0.15) is 42.1 Å². The number of hydrogen-bond donors (Lipinski definition) is 11. The van der Waals surface area contributed by atoms with E-state index in [4.69, 9.17) is 25.7 Å². The van der Waals surface area contributed by atoms with E-state index < -0.39 is 97.7 Å². The van der Waals surface area contributed by atoms with E-state index in [1.807, 2.05) is 0 Å². The maximum atomic E-state index is 14.6. The minimum atomic E-state index is -1.72. The van der Waals surface area contributed by atoms with Crippen LogP contribution < -0.4 is 27.1 Å². The van der Waals surface area contributed by atoms with Crippen molar-refractivity contribution in [2.75, 3.05) is 40.5 Å². The van der Waals surface area contributed by atoms with Gasteiger partial charge in [0.25, 0.3) is 0 Å². The molecule has 0 aromatic carbocycles. The summed E-state index contributed by atoms with van der Waals surface area (Å²) in [7, 11) is 3.11. The number of quaternary nitrogens is 1. The topological polar surface area (TPSA) is 278 Å². The minimum absolute atomic E-state index is 0.0494. The summed E-state index contributed by atoms with van der Waals surface area (Å²) in [5.74, 6) is -4.92. The van der Waals surface area contributed by atoms with Gasteiger partial charge in [-0.25, -0.2) is 0 Å². The number of ketones is 2. The second kappa shape index (κ2) is 16.0. The molecule has 0 aromatic rings. The van der Waals surface area contributed by atoms with Crippen LogP contribution in [0.25, 0.3) is 0 Å². The predicted octanol–water partition coefficient (Wildman–Crippen LogP) is -6.53. The highest BCUT2D eigenvalue weighted by Crippen LogP contribution is 2.52. The standard InChI is InChI=1S/C32H55N5O11/c1-35-32(34)37-10-16-14(5-3-13-4-6-21(33)36-9-13)7-15-23(26(16)41)28(43)24-19(8-18(46-2)17(11-38)22(24)25(15)40)47-31-30(45)29(44)27(42)20(12-39)48-31/h13-24,26-27,29-31,36,38-39,41-42,44-45H,3-12,33H2,1-2H3,(H3,34,35,37)/p+2. The Bertz CT molecular complexity index is 1140. The molecule has 0 amide bonds. The van der Waals surface area contributed by atoms with Crippen molar-refractivity contribution in [3.05, 3.63) is 0 Å². The van der Waals surface area contributed by atoms with Crippen molar-refractivity contribution >= 4 is 17.5 Å². The molecule has 2 saturated heterocycles. The normalized spacial score (nSPS) is 46.9. The molecule has 0 spiro atoms. The highest BCUT2D eigenvalue weighted by atomic mass is 16.7. The Balaban J connectivity index is 1.43. The number of ether oxygens (including phenoxy) is 3. The predicted molar refractivity (Wildman–Crippen MR) is 167 cm³/mol. The first-order chi connectivity index (χ1) is 22.9. The number of fused-ring (bicyclic) bond motifs is 2. The molecule has 3 aliphatic carbocycles. The number of hydrogen-bond acceptors (Lipinski definition) is 12. The zero-order valence-electron chi connectivity index (χ0n) is 27.8. The molecule has 16 heteroatoms. The third kappa shape index (κ3) is 7.30. The van der Waals surface area contributed by atoms with Gasteiger partial charge in [0, 0.05) is 56.1 Å². The monoisotopic (exact) mass is 687 g/mol. The van der Waals surface area contributed by atoms with Crippen molar-refractivity contribution in [1.29, 1.82) is 0 Å². The Morgan fingerprint density at radius 3 is 2.31 bits per heavy atom. The summed E-state index contributed by atoms with van der Waals surface area (Å²) in [6.07, 6.45) is -6.59. The number of rotatable bonds is 10. The van der Waals surface area contributed by atoms with Gasteiger partial charge in [-0.05, 0) is 31.6 Å². The Morgan fingerprint density at radius 1 is 0.938 bits per heavy atom. The quantitative estimate of drug-likeness (QED) is 0.0753. The van der Waals surface area contributed by atoms with Crippen LogP contribution in [0.5, 0.6) is 0 Å². The van der Waals surface area contributed by atoms with Crippen molar-refractivity contribution in [3.8, 4) is 0 Å². The number of carbonyl (C=O) groups is 2. The third-order valence-corrected chi connectivity index (χ3v) is 12.0. The van der Waals surface area contributed by atoms with Crippen LogP contribution in [0, 0.1) is 47.3 Å². The number of Topliss-reactive ketones (excluding diaryl/α,β-unsaturated/α-hetero) is 2. The van der Waals surface area contributed by atoms with Gasteiger partial charge < -0.3 is 50.2 Å². The van der Waals surface area contributed by atoms with Crippen molar-refractivity contribution < 1.29 is 64.7 Å². The molecule has 5 rings (SSSR count). The van der Waals surface area contributed by atoms with Crippen LogP contribution >= 0.6 is 0 Å². The first-order valence-corrected chi connectivity index (χ1v) is 17.4. The smallest absolute Gasteiger partial charge is 0.340 e. The van der Waals surface area contributed by atoms with E-state index in [0.29, 0.717) is 18.3 Å². The molecular formula is C32H57N5O11+2. The van der Waals surface area contributed by atoms with Gasteiger partial charge in [0.2, 0.25) is 0 Å². The van der Waals surface area contributed by atoms with Gasteiger partial charge in [-0.1, -0.05) is 0 Å². The number of carbonyl (C=O) groups excluding carboxylic acids is 2. The maximum Gasteiger partial charge on any atom is 0.340 e. The molecule has 0 bridgehead atoms. The zero-order valence-corrected chi connectivity index (χ0v) is 27.8. The summed E-state index contributed by atoms with van der Waals surface area (Å²) in [4.78, 5) is 32.1. The highest BCUT2D eigenvalue weighted by Gasteiger charge is 2.63. The lowest BCUT2D eigenvalue weighted by Crippen LogP contribution is -2.95. The fraction of sp³-hybridized carbons (Fsp3) is 0.906. The van der Waals surface area contributed by atoms with E-state index in [0.717, 1.165) is 32.2 Å². The van der Waals surface area contributed by atoms with Gasteiger partial charge in [0.05, 0.1) is 56.9 Å². The number of guanidine groups is 1. The average molecular weight is 688 g/mol. The molecule has 2 aliphatic heterocycles. The largest absolute Gasteiger partial charge is 0.396 e. The fourth-order valence-corrected chi connectivity index (χ4v) is 9.26. The van der Waals surface area contributed by atoms with Gasteiger partial charge >= 0.3 is 5.96 Å².